The van der Waals surface area contributed by atoms with Crippen molar-refractivity contribution in [2.75, 3.05) is 13.7 Å². The molecule has 0 heterocycles. The number of carbonyl (C=O) groups excluding carboxylic acids is 1. The second-order valence-electron chi connectivity index (χ2n) is 7.06. The molecule has 5 atom stereocenters. The van der Waals surface area contributed by atoms with Crippen LogP contribution >= 0.6 is 0 Å². The van der Waals surface area contributed by atoms with Crippen molar-refractivity contribution < 1.29 is 29.6 Å². The molecule has 6 heteroatoms. The van der Waals surface area contributed by atoms with E-state index in [4.69, 9.17) is 4.74 Å². The van der Waals surface area contributed by atoms with Crippen LogP contribution < -0.4 is 4.74 Å². The van der Waals surface area contributed by atoms with Gasteiger partial charge in [0.25, 0.3) is 0 Å². The average Bonchev–Trinajstić information content (AvgIpc) is 3.00. The fourth-order valence-corrected chi connectivity index (χ4v) is 3.36. The predicted octanol–water partition coefficient (Wildman–Crippen LogP) is 2.41. The Morgan fingerprint density at radius 1 is 1.17 bits per heavy atom. The minimum atomic E-state index is -0.808. The standard InChI is InChI=1S/C23H30O6/c1-28-23(27)12-8-3-2-7-11-19-20(22(26)15-21(19)25)14-13-17(24)16-29-18-9-5-4-6-10-18/h2-10,13-14,17,19-22,24-26H,11-12,15-16H2,1H3/b7-2-,8-3-,14-13+/t17-,19?,20-,21?,22?/m1/s1. The Morgan fingerprint density at radius 2 is 1.90 bits per heavy atom. The average molecular weight is 402 g/mol. The van der Waals surface area contributed by atoms with Gasteiger partial charge in [0.15, 0.2) is 0 Å². The van der Waals surface area contributed by atoms with Crippen molar-refractivity contribution >= 4 is 5.97 Å². The van der Waals surface area contributed by atoms with Crippen molar-refractivity contribution in [3.05, 3.63) is 66.8 Å². The summed E-state index contributed by atoms with van der Waals surface area (Å²) in [6.07, 6.45) is 9.56. The van der Waals surface area contributed by atoms with Crippen LogP contribution in [0.25, 0.3) is 0 Å². The van der Waals surface area contributed by atoms with Gasteiger partial charge in [-0.05, 0) is 24.5 Å². The van der Waals surface area contributed by atoms with Gasteiger partial charge >= 0.3 is 5.97 Å². The predicted molar refractivity (Wildman–Crippen MR) is 110 cm³/mol. The summed E-state index contributed by atoms with van der Waals surface area (Å²) in [7, 11) is 1.34. The molecule has 2 rings (SSSR count). The molecule has 1 saturated carbocycles. The Morgan fingerprint density at radius 3 is 2.62 bits per heavy atom. The number of carbonyl (C=O) groups is 1. The highest BCUT2D eigenvalue weighted by Crippen LogP contribution is 2.36. The fourth-order valence-electron chi connectivity index (χ4n) is 3.36. The van der Waals surface area contributed by atoms with E-state index in [2.05, 4.69) is 4.74 Å². The fraction of sp³-hybridized carbons (Fsp3) is 0.435. The normalized spacial score (nSPS) is 25.8. The van der Waals surface area contributed by atoms with E-state index in [0.717, 1.165) is 0 Å². The molecular formula is C23H30O6. The minimum absolute atomic E-state index is 0.113. The number of para-hydroxylation sites is 1. The van der Waals surface area contributed by atoms with Gasteiger partial charge in [0.05, 0.1) is 25.7 Å². The first-order valence-corrected chi connectivity index (χ1v) is 9.80. The zero-order chi connectivity index (χ0) is 21.1. The number of aliphatic hydroxyl groups is 3. The molecule has 3 unspecified atom stereocenters. The zero-order valence-corrected chi connectivity index (χ0v) is 16.6. The lowest BCUT2D eigenvalue weighted by atomic mass is 9.90. The summed E-state index contributed by atoms with van der Waals surface area (Å²) < 4.78 is 10.1. The molecule has 1 aliphatic rings. The third kappa shape index (κ3) is 7.85. The molecule has 0 saturated heterocycles. The van der Waals surface area contributed by atoms with Crippen molar-refractivity contribution in [3.63, 3.8) is 0 Å². The molecule has 0 aliphatic heterocycles. The molecule has 0 bridgehead atoms. The number of rotatable bonds is 10. The Balaban J connectivity index is 1.84. The molecule has 1 aromatic rings. The highest BCUT2D eigenvalue weighted by atomic mass is 16.5. The SMILES string of the molecule is COC(=O)C/C=C\C=C/CC1C(O)CC(O)[C@@H]1/C=C/[C@@H](O)COc1ccccc1. The maximum atomic E-state index is 11.0. The Labute approximate surface area is 171 Å². The molecule has 6 nitrogen and oxygen atoms in total. The number of hydrogen-bond donors (Lipinski definition) is 3. The molecular weight excluding hydrogens is 372 g/mol. The number of ether oxygens (including phenoxy) is 2. The highest BCUT2D eigenvalue weighted by Gasteiger charge is 2.39. The lowest BCUT2D eigenvalue weighted by Gasteiger charge is -2.19. The molecule has 0 radical (unpaired) electrons. The van der Waals surface area contributed by atoms with Crippen LogP contribution in [0.4, 0.5) is 0 Å². The van der Waals surface area contributed by atoms with Crippen LogP contribution in [0.15, 0.2) is 66.8 Å². The molecule has 1 fully saturated rings. The summed E-state index contributed by atoms with van der Waals surface area (Å²) in [6, 6.07) is 9.23. The molecule has 0 spiro atoms. The smallest absolute Gasteiger partial charge is 0.309 e. The van der Waals surface area contributed by atoms with Gasteiger partial charge in [0.1, 0.15) is 18.5 Å². The third-order valence-corrected chi connectivity index (χ3v) is 4.94. The zero-order valence-electron chi connectivity index (χ0n) is 16.6. The topological polar surface area (TPSA) is 96.2 Å². The first-order valence-electron chi connectivity index (χ1n) is 9.80. The maximum absolute atomic E-state index is 11.0. The minimum Gasteiger partial charge on any atom is -0.491 e. The van der Waals surface area contributed by atoms with E-state index < -0.39 is 18.3 Å². The van der Waals surface area contributed by atoms with Crippen LogP contribution in [-0.4, -0.2) is 53.3 Å². The van der Waals surface area contributed by atoms with Crippen LogP contribution in [0.2, 0.25) is 0 Å². The number of esters is 1. The van der Waals surface area contributed by atoms with E-state index in [1.54, 1.807) is 24.3 Å². The first-order chi connectivity index (χ1) is 14.0. The number of allylic oxidation sites excluding steroid dienone is 3. The summed E-state index contributed by atoms with van der Waals surface area (Å²) in [5.74, 6) is -0.0163. The highest BCUT2D eigenvalue weighted by molar-refractivity contribution is 5.70. The molecule has 158 valence electrons. The van der Waals surface area contributed by atoms with E-state index in [-0.39, 0.29) is 30.8 Å². The Bertz CT molecular complexity index is 697. The lowest BCUT2D eigenvalue weighted by molar-refractivity contribution is -0.139. The molecule has 1 aliphatic carbocycles. The monoisotopic (exact) mass is 402 g/mol. The van der Waals surface area contributed by atoms with E-state index in [1.807, 2.05) is 42.5 Å². The lowest BCUT2D eigenvalue weighted by Crippen LogP contribution is -2.21. The van der Waals surface area contributed by atoms with Crippen molar-refractivity contribution in [2.24, 2.45) is 11.8 Å². The summed E-state index contributed by atoms with van der Waals surface area (Å²) in [4.78, 5) is 11.0. The van der Waals surface area contributed by atoms with E-state index in [0.29, 0.717) is 18.6 Å². The van der Waals surface area contributed by atoms with Gasteiger partial charge in [0.2, 0.25) is 0 Å². The number of methoxy groups -OCH3 is 1. The van der Waals surface area contributed by atoms with E-state index in [1.165, 1.54) is 7.11 Å². The van der Waals surface area contributed by atoms with Gasteiger partial charge in [-0.3, -0.25) is 4.79 Å². The van der Waals surface area contributed by atoms with Crippen molar-refractivity contribution in [1.29, 1.82) is 0 Å². The summed E-state index contributed by atoms with van der Waals surface area (Å²) in [6.45, 7) is 0.113. The summed E-state index contributed by atoms with van der Waals surface area (Å²) >= 11 is 0. The van der Waals surface area contributed by atoms with Gasteiger partial charge in [-0.25, -0.2) is 0 Å². The molecule has 0 amide bonds. The second-order valence-corrected chi connectivity index (χ2v) is 7.06. The van der Waals surface area contributed by atoms with Gasteiger partial charge in [-0.15, -0.1) is 0 Å². The van der Waals surface area contributed by atoms with E-state index >= 15 is 0 Å². The van der Waals surface area contributed by atoms with Crippen LogP contribution in [0, 0.1) is 11.8 Å². The van der Waals surface area contributed by atoms with Gasteiger partial charge < -0.3 is 24.8 Å². The molecule has 29 heavy (non-hydrogen) atoms. The number of hydrogen-bond acceptors (Lipinski definition) is 6. The van der Waals surface area contributed by atoms with Crippen LogP contribution in [0.3, 0.4) is 0 Å². The second kappa shape index (κ2) is 12.2. The Hall–Kier alpha value is -2.41. The largest absolute Gasteiger partial charge is 0.491 e. The van der Waals surface area contributed by atoms with Crippen molar-refractivity contribution in [1.82, 2.24) is 0 Å². The third-order valence-electron chi connectivity index (χ3n) is 4.94. The Kier molecular flexibility index (Phi) is 9.64. The van der Waals surface area contributed by atoms with E-state index in [9.17, 15) is 20.1 Å². The van der Waals surface area contributed by atoms with Crippen LogP contribution in [-0.2, 0) is 9.53 Å². The maximum Gasteiger partial charge on any atom is 0.309 e. The number of benzene rings is 1. The van der Waals surface area contributed by atoms with Gasteiger partial charge in [0, 0.05) is 12.3 Å². The molecule has 1 aromatic carbocycles. The van der Waals surface area contributed by atoms with Gasteiger partial charge in [-0.1, -0.05) is 54.7 Å². The molecule has 3 N–H and O–H groups in total. The van der Waals surface area contributed by atoms with Crippen LogP contribution in [0.1, 0.15) is 19.3 Å². The summed E-state index contributed by atoms with van der Waals surface area (Å²) in [5.41, 5.74) is 0. The number of aliphatic hydroxyl groups excluding tert-OH is 3. The molecule has 0 aromatic heterocycles. The first kappa shape index (κ1) is 22.9. The summed E-state index contributed by atoms with van der Waals surface area (Å²) in [5, 5.41) is 30.7. The van der Waals surface area contributed by atoms with Crippen molar-refractivity contribution in [3.8, 4) is 5.75 Å². The quantitative estimate of drug-likeness (QED) is 0.316. The van der Waals surface area contributed by atoms with Crippen LogP contribution in [0.5, 0.6) is 5.75 Å². The van der Waals surface area contributed by atoms with Crippen molar-refractivity contribution in [2.45, 2.75) is 37.6 Å². The van der Waals surface area contributed by atoms with Gasteiger partial charge in [-0.2, -0.15) is 0 Å².